The molecule has 8 nitrogen and oxygen atoms in total. The van der Waals surface area contributed by atoms with E-state index in [0.717, 1.165) is 32.2 Å². The Hall–Kier alpha value is -2.48. The molecule has 2 amide bonds. The normalized spacial score (nSPS) is 22.5. The van der Waals surface area contributed by atoms with Crippen molar-refractivity contribution in [2.24, 2.45) is 5.92 Å². The van der Waals surface area contributed by atoms with Gasteiger partial charge < -0.3 is 15.5 Å². The summed E-state index contributed by atoms with van der Waals surface area (Å²) in [5.74, 6) is 0.0494. The highest BCUT2D eigenvalue weighted by atomic mass is 16.6. The monoisotopic (exact) mass is 374 g/mol. The minimum absolute atomic E-state index is 0.0326. The third kappa shape index (κ3) is 4.82. The highest BCUT2D eigenvalue weighted by molar-refractivity contribution is 5.95. The van der Waals surface area contributed by atoms with E-state index in [0.29, 0.717) is 30.8 Å². The first-order valence-electron chi connectivity index (χ1n) is 9.50. The van der Waals surface area contributed by atoms with Gasteiger partial charge in [0.1, 0.15) is 0 Å². The van der Waals surface area contributed by atoms with E-state index in [1.165, 1.54) is 12.1 Å². The summed E-state index contributed by atoms with van der Waals surface area (Å²) in [6.07, 6.45) is 3.71. The third-order valence-corrected chi connectivity index (χ3v) is 5.27. The number of nitrogens with zero attached hydrogens (tertiary/aromatic N) is 2. The van der Waals surface area contributed by atoms with Crippen LogP contribution >= 0.6 is 0 Å². The molecule has 0 aromatic heterocycles. The van der Waals surface area contributed by atoms with Crippen molar-refractivity contribution in [1.29, 1.82) is 0 Å². The Morgan fingerprint density at radius 2 is 2.11 bits per heavy atom. The molecule has 2 N–H and O–H groups in total. The lowest BCUT2D eigenvalue weighted by molar-refractivity contribution is -0.384. The standard InChI is InChI=1S/C19H26N4O4/c1-13-8-15(10-16(9-13)23(26)27)19(25)22-7-3-4-14(12-22)11-21-18(24)17-5-2-6-20-17/h8-10,14,17,20H,2-7,11-12H2,1H3,(H,21,24). The quantitative estimate of drug-likeness (QED) is 0.602. The maximum atomic E-state index is 12.8. The maximum absolute atomic E-state index is 12.8. The topological polar surface area (TPSA) is 105 Å². The van der Waals surface area contributed by atoms with Crippen molar-refractivity contribution >= 4 is 17.5 Å². The SMILES string of the molecule is Cc1cc(C(=O)N2CCCC(CNC(=O)C3CCCN3)C2)cc([N+](=O)[O-])c1. The smallest absolute Gasteiger partial charge is 0.270 e. The zero-order chi connectivity index (χ0) is 19.4. The summed E-state index contributed by atoms with van der Waals surface area (Å²) in [7, 11) is 0. The lowest BCUT2D eigenvalue weighted by Crippen LogP contribution is -2.46. The second-order valence-corrected chi connectivity index (χ2v) is 7.47. The molecule has 2 heterocycles. The molecule has 8 heteroatoms. The number of carbonyl (C=O) groups excluding carboxylic acids is 2. The number of piperidine rings is 1. The zero-order valence-corrected chi connectivity index (χ0v) is 15.6. The fourth-order valence-electron chi connectivity index (χ4n) is 3.87. The number of carbonyl (C=O) groups is 2. The molecule has 27 heavy (non-hydrogen) atoms. The number of benzene rings is 1. The predicted octanol–water partition coefficient (Wildman–Crippen LogP) is 1.62. The fraction of sp³-hybridized carbons (Fsp3) is 0.579. The van der Waals surface area contributed by atoms with E-state index in [1.807, 2.05) is 0 Å². The molecule has 2 saturated heterocycles. The lowest BCUT2D eigenvalue weighted by Gasteiger charge is -2.33. The van der Waals surface area contributed by atoms with Crippen LogP contribution in [0.15, 0.2) is 18.2 Å². The van der Waals surface area contributed by atoms with Crippen molar-refractivity contribution in [3.63, 3.8) is 0 Å². The van der Waals surface area contributed by atoms with Crippen LogP contribution in [0.2, 0.25) is 0 Å². The number of nitro benzene ring substituents is 1. The molecule has 2 fully saturated rings. The van der Waals surface area contributed by atoms with Gasteiger partial charge in [0, 0.05) is 37.3 Å². The Bertz CT molecular complexity index is 730. The number of nitro groups is 1. The average Bonchev–Trinajstić information content (AvgIpc) is 3.20. The van der Waals surface area contributed by atoms with E-state index in [9.17, 15) is 19.7 Å². The summed E-state index contributed by atoms with van der Waals surface area (Å²) in [6.45, 7) is 4.37. The Morgan fingerprint density at radius 3 is 2.81 bits per heavy atom. The molecule has 1 aromatic carbocycles. The van der Waals surface area contributed by atoms with Crippen molar-refractivity contribution in [3.05, 3.63) is 39.4 Å². The highest BCUT2D eigenvalue weighted by Gasteiger charge is 2.27. The van der Waals surface area contributed by atoms with E-state index in [-0.39, 0.29) is 29.5 Å². The molecule has 2 unspecified atom stereocenters. The van der Waals surface area contributed by atoms with Gasteiger partial charge >= 0.3 is 0 Å². The Balaban J connectivity index is 1.59. The zero-order valence-electron chi connectivity index (χ0n) is 15.6. The van der Waals surface area contributed by atoms with Gasteiger partial charge in [-0.2, -0.15) is 0 Å². The van der Waals surface area contributed by atoms with Crippen LogP contribution < -0.4 is 10.6 Å². The summed E-state index contributed by atoms with van der Waals surface area (Å²) in [4.78, 5) is 37.3. The van der Waals surface area contributed by atoms with Crippen LogP contribution in [0.4, 0.5) is 5.69 Å². The van der Waals surface area contributed by atoms with Crippen LogP contribution in [0.3, 0.4) is 0 Å². The van der Waals surface area contributed by atoms with Crippen molar-refractivity contribution in [2.45, 2.75) is 38.6 Å². The summed E-state index contributed by atoms with van der Waals surface area (Å²) in [6, 6.07) is 4.39. The van der Waals surface area contributed by atoms with Crippen molar-refractivity contribution in [3.8, 4) is 0 Å². The van der Waals surface area contributed by atoms with E-state index in [1.54, 1.807) is 17.9 Å². The van der Waals surface area contributed by atoms with E-state index < -0.39 is 4.92 Å². The van der Waals surface area contributed by atoms with Crippen molar-refractivity contribution < 1.29 is 14.5 Å². The summed E-state index contributed by atoms with van der Waals surface area (Å²) in [5, 5.41) is 17.2. The van der Waals surface area contributed by atoms with Gasteiger partial charge in [-0.1, -0.05) is 0 Å². The highest BCUT2D eigenvalue weighted by Crippen LogP contribution is 2.22. The first kappa shape index (κ1) is 19.3. The minimum atomic E-state index is -0.477. The number of amides is 2. The largest absolute Gasteiger partial charge is 0.354 e. The maximum Gasteiger partial charge on any atom is 0.270 e. The van der Waals surface area contributed by atoms with Gasteiger partial charge in [-0.15, -0.1) is 0 Å². The van der Waals surface area contributed by atoms with Gasteiger partial charge in [0.05, 0.1) is 11.0 Å². The van der Waals surface area contributed by atoms with Crippen LogP contribution in [-0.2, 0) is 4.79 Å². The molecule has 2 aliphatic rings. The van der Waals surface area contributed by atoms with Gasteiger partial charge in [0.2, 0.25) is 5.91 Å². The predicted molar refractivity (Wildman–Crippen MR) is 100 cm³/mol. The Morgan fingerprint density at radius 1 is 1.30 bits per heavy atom. The number of hydrogen-bond donors (Lipinski definition) is 2. The number of non-ortho nitro benzene ring substituents is 1. The number of likely N-dealkylation sites (tertiary alicyclic amines) is 1. The number of aryl methyl sites for hydroxylation is 1. The Labute approximate surface area is 158 Å². The molecular weight excluding hydrogens is 348 g/mol. The van der Waals surface area contributed by atoms with Gasteiger partial charge in [-0.3, -0.25) is 19.7 Å². The molecule has 146 valence electrons. The van der Waals surface area contributed by atoms with Crippen LogP contribution in [0.25, 0.3) is 0 Å². The molecule has 0 saturated carbocycles. The van der Waals surface area contributed by atoms with Gasteiger partial charge in [-0.25, -0.2) is 0 Å². The van der Waals surface area contributed by atoms with E-state index in [2.05, 4.69) is 10.6 Å². The number of rotatable bonds is 5. The molecular formula is C19H26N4O4. The van der Waals surface area contributed by atoms with Crippen LogP contribution in [0, 0.1) is 23.0 Å². The second kappa shape index (κ2) is 8.47. The summed E-state index contributed by atoms with van der Waals surface area (Å²) in [5.41, 5.74) is 0.974. The summed E-state index contributed by atoms with van der Waals surface area (Å²) < 4.78 is 0. The molecule has 2 atom stereocenters. The van der Waals surface area contributed by atoms with Gasteiger partial charge in [0.15, 0.2) is 0 Å². The van der Waals surface area contributed by atoms with Crippen molar-refractivity contribution in [2.75, 3.05) is 26.2 Å². The lowest BCUT2D eigenvalue weighted by atomic mass is 9.97. The van der Waals surface area contributed by atoms with Gasteiger partial charge in [0.25, 0.3) is 11.6 Å². The second-order valence-electron chi connectivity index (χ2n) is 7.47. The third-order valence-electron chi connectivity index (χ3n) is 5.27. The Kier molecular flexibility index (Phi) is 6.05. The molecule has 0 radical (unpaired) electrons. The molecule has 2 aliphatic heterocycles. The molecule has 0 aliphatic carbocycles. The first-order valence-corrected chi connectivity index (χ1v) is 9.50. The van der Waals surface area contributed by atoms with E-state index in [4.69, 9.17) is 0 Å². The molecule has 0 bridgehead atoms. The molecule has 0 spiro atoms. The van der Waals surface area contributed by atoms with Crippen LogP contribution in [0.1, 0.15) is 41.6 Å². The molecule has 3 rings (SSSR count). The number of hydrogen-bond acceptors (Lipinski definition) is 5. The van der Waals surface area contributed by atoms with Gasteiger partial charge in [-0.05, 0) is 56.7 Å². The average molecular weight is 374 g/mol. The first-order chi connectivity index (χ1) is 12.9. The minimum Gasteiger partial charge on any atom is -0.354 e. The van der Waals surface area contributed by atoms with Crippen LogP contribution in [-0.4, -0.2) is 53.9 Å². The number of nitrogens with one attached hydrogen (secondary N) is 2. The fourth-order valence-corrected chi connectivity index (χ4v) is 3.87. The summed E-state index contributed by atoms with van der Waals surface area (Å²) >= 11 is 0. The van der Waals surface area contributed by atoms with Crippen LogP contribution in [0.5, 0.6) is 0 Å². The molecule has 1 aromatic rings. The van der Waals surface area contributed by atoms with Crippen molar-refractivity contribution in [1.82, 2.24) is 15.5 Å². The van der Waals surface area contributed by atoms with E-state index >= 15 is 0 Å².